The van der Waals surface area contributed by atoms with Gasteiger partial charge in [0, 0.05) is 5.56 Å². The Morgan fingerprint density at radius 1 is 1.53 bits per heavy atom. The van der Waals surface area contributed by atoms with E-state index in [1.165, 1.54) is 12.1 Å². The van der Waals surface area contributed by atoms with Gasteiger partial charge in [0.1, 0.15) is 17.6 Å². The van der Waals surface area contributed by atoms with E-state index in [-0.39, 0.29) is 11.3 Å². The number of anilines is 1. The number of oxazole rings is 1. The summed E-state index contributed by atoms with van der Waals surface area (Å²) in [7, 11) is 0. The molecule has 1 heterocycles. The number of aryl methyl sites for hydroxylation is 1. The summed E-state index contributed by atoms with van der Waals surface area (Å²) in [5, 5.41) is 2.67. The van der Waals surface area contributed by atoms with Gasteiger partial charge in [-0.3, -0.25) is 4.79 Å². The molecule has 1 atom stereocenters. The molecule has 100 valence electrons. The number of nitrogens with one attached hydrogen (secondary N) is 1. The molecule has 1 aromatic heterocycles. The third-order valence-corrected chi connectivity index (χ3v) is 2.62. The number of nitrogens with two attached hydrogens (primary N) is 1. The van der Waals surface area contributed by atoms with Crippen LogP contribution < -0.4 is 11.1 Å². The highest BCUT2D eigenvalue weighted by atomic mass is 19.1. The third-order valence-electron chi connectivity index (χ3n) is 2.62. The molecular formula is C13H14FN3O2. The fraction of sp³-hybridized carbons (Fsp3) is 0.231. The quantitative estimate of drug-likeness (QED) is 0.832. The first-order chi connectivity index (χ1) is 8.97. The Balaban J connectivity index is 2.10. The fourth-order valence-corrected chi connectivity index (χ4v) is 1.58. The zero-order chi connectivity index (χ0) is 14.0. The molecule has 0 aliphatic rings. The summed E-state index contributed by atoms with van der Waals surface area (Å²) < 4.78 is 18.6. The zero-order valence-corrected chi connectivity index (χ0v) is 10.6. The van der Waals surface area contributed by atoms with E-state index in [1.807, 2.05) is 0 Å². The first kappa shape index (κ1) is 13.1. The Labute approximate surface area is 109 Å². The molecule has 0 radical (unpaired) electrons. The van der Waals surface area contributed by atoms with Gasteiger partial charge < -0.3 is 15.5 Å². The van der Waals surface area contributed by atoms with E-state index in [2.05, 4.69) is 10.3 Å². The van der Waals surface area contributed by atoms with Crippen molar-refractivity contribution in [2.75, 3.05) is 5.73 Å². The summed E-state index contributed by atoms with van der Waals surface area (Å²) in [5.74, 6) is 0.0333. The van der Waals surface area contributed by atoms with E-state index in [1.54, 1.807) is 20.0 Å². The monoisotopic (exact) mass is 263 g/mol. The molecule has 1 unspecified atom stereocenters. The van der Waals surface area contributed by atoms with Gasteiger partial charge in [-0.25, -0.2) is 9.37 Å². The number of hydrogen-bond acceptors (Lipinski definition) is 4. The van der Waals surface area contributed by atoms with E-state index in [0.29, 0.717) is 11.7 Å². The van der Waals surface area contributed by atoms with Gasteiger partial charge in [-0.1, -0.05) is 0 Å². The van der Waals surface area contributed by atoms with Gasteiger partial charge >= 0.3 is 0 Å². The maximum atomic E-state index is 13.3. The summed E-state index contributed by atoms with van der Waals surface area (Å²) >= 11 is 0. The van der Waals surface area contributed by atoms with Crippen LogP contribution in [0.15, 0.2) is 28.8 Å². The second-order valence-electron chi connectivity index (χ2n) is 4.24. The third kappa shape index (κ3) is 2.90. The van der Waals surface area contributed by atoms with E-state index in [9.17, 15) is 9.18 Å². The van der Waals surface area contributed by atoms with Crippen LogP contribution >= 0.6 is 0 Å². The van der Waals surface area contributed by atoms with E-state index < -0.39 is 17.8 Å². The van der Waals surface area contributed by atoms with Crippen molar-refractivity contribution >= 4 is 11.6 Å². The minimum Gasteiger partial charge on any atom is -0.444 e. The first-order valence-electron chi connectivity index (χ1n) is 5.75. The second kappa shape index (κ2) is 5.09. The molecular weight excluding hydrogens is 249 g/mol. The number of halogens is 1. The molecule has 6 heteroatoms. The minimum absolute atomic E-state index is 0.00734. The maximum Gasteiger partial charge on any atom is 0.252 e. The lowest BCUT2D eigenvalue weighted by Crippen LogP contribution is -2.27. The van der Waals surface area contributed by atoms with E-state index in [0.717, 1.165) is 6.07 Å². The Morgan fingerprint density at radius 2 is 2.26 bits per heavy atom. The summed E-state index contributed by atoms with van der Waals surface area (Å²) in [6.07, 6.45) is 1.57. The van der Waals surface area contributed by atoms with Crippen molar-refractivity contribution in [2.45, 2.75) is 19.9 Å². The second-order valence-corrected chi connectivity index (χ2v) is 4.24. The largest absolute Gasteiger partial charge is 0.444 e. The number of rotatable bonds is 3. The molecule has 3 N–H and O–H groups in total. The number of nitrogen functional groups attached to an aromatic ring is 1. The molecule has 0 aliphatic heterocycles. The van der Waals surface area contributed by atoms with Crippen molar-refractivity contribution in [2.24, 2.45) is 0 Å². The average Bonchev–Trinajstić information content (AvgIpc) is 2.79. The molecule has 5 nitrogen and oxygen atoms in total. The minimum atomic E-state index is -0.618. The van der Waals surface area contributed by atoms with Crippen molar-refractivity contribution in [3.05, 3.63) is 47.4 Å². The highest BCUT2D eigenvalue weighted by Gasteiger charge is 2.16. The Bertz CT molecular complexity index is 610. The highest BCUT2D eigenvalue weighted by Crippen LogP contribution is 2.15. The molecule has 0 spiro atoms. The summed E-state index contributed by atoms with van der Waals surface area (Å²) in [6.45, 7) is 3.50. The lowest BCUT2D eigenvalue weighted by atomic mass is 10.1. The Kier molecular flexibility index (Phi) is 3.50. The van der Waals surface area contributed by atoms with Crippen LogP contribution in [0.25, 0.3) is 0 Å². The Hall–Kier alpha value is -2.37. The topological polar surface area (TPSA) is 81.2 Å². The standard InChI is InChI=1S/C13H14FN3O2/c1-7-6-16-13(19-7)8(2)17-12(18)9-3-4-11(15)10(14)5-9/h3-6,8H,15H2,1-2H3,(H,17,18). The summed E-state index contributed by atoms with van der Waals surface area (Å²) in [6, 6.07) is 3.51. The molecule has 1 aromatic carbocycles. The highest BCUT2D eigenvalue weighted by molar-refractivity contribution is 5.94. The van der Waals surface area contributed by atoms with Gasteiger partial charge in [-0.15, -0.1) is 0 Å². The van der Waals surface area contributed by atoms with Crippen LogP contribution in [0.1, 0.15) is 35.0 Å². The van der Waals surface area contributed by atoms with Gasteiger partial charge in [-0.05, 0) is 32.0 Å². The number of carbonyl (C=O) groups is 1. The molecule has 0 saturated heterocycles. The van der Waals surface area contributed by atoms with Crippen LogP contribution in [0, 0.1) is 12.7 Å². The Morgan fingerprint density at radius 3 is 2.84 bits per heavy atom. The first-order valence-corrected chi connectivity index (χ1v) is 5.75. The number of benzene rings is 1. The summed E-state index contributed by atoms with van der Waals surface area (Å²) in [5.41, 5.74) is 5.56. The molecule has 2 rings (SSSR count). The van der Waals surface area contributed by atoms with E-state index >= 15 is 0 Å². The molecule has 0 saturated carbocycles. The van der Waals surface area contributed by atoms with Crippen molar-refractivity contribution in [3.63, 3.8) is 0 Å². The molecule has 2 aromatic rings. The van der Waals surface area contributed by atoms with Gasteiger partial charge in [0.2, 0.25) is 5.89 Å². The molecule has 1 amide bonds. The van der Waals surface area contributed by atoms with Crippen LogP contribution in [0.2, 0.25) is 0 Å². The lowest BCUT2D eigenvalue weighted by Gasteiger charge is -2.10. The normalized spacial score (nSPS) is 12.2. The van der Waals surface area contributed by atoms with Gasteiger partial charge in [0.15, 0.2) is 0 Å². The van der Waals surface area contributed by atoms with E-state index in [4.69, 9.17) is 10.2 Å². The number of hydrogen-bond donors (Lipinski definition) is 2. The van der Waals surface area contributed by atoms with Gasteiger partial charge in [-0.2, -0.15) is 0 Å². The predicted octanol–water partition coefficient (Wildman–Crippen LogP) is 2.20. The predicted molar refractivity (Wildman–Crippen MR) is 67.9 cm³/mol. The number of carbonyl (C=O) groups excluding carboxylic acids is 1. The zero-order valence-electron chi connectivity index (χ0n) is 10.6. The van der Waals surface area contributed by atoms with Crippen LogP contribution in [-0.4, -0.2) is 10.9 Å². The fourth-order valence-electron chi connectivity index (χ4n) is 1.58. The number of amides is 1. The lowest BCUT2D eigenvalue weighted by molar-refractivity contribution is 0.0933. The van der Waals surface area contributed by atoms with Crippen molar-refractivity contribution in [1.29, 1.82) is 0 Å². The molecule has 0 bridgehead atoms. The van der Waals surface area contributed by atoms with Crippen LogP contribution in [0.5, 0.6) is 0 Å². The van der Waals surface area contributed by atoms with Gasteiger partial charge in [0.05, 0.1) is 11.9 Å². The maximum absolute atomic E-state index is 13.3. The van der Waals surface area contributed by atoms with Crippen LogP contribution in [-0.2, 0) is 0 Å². The summed E-state index contributed by atoms with van der Waals surface area (Å²) in [4.78, 5) is 15.9. The molecule has 19 heavy (non-hydrogen) atoms. The van der Waals surface area contributed by atoms with Crippen LogP contribution in [0.3, 0.4) is 0 Å². The van der Waals surface area contributed by atoms with Crippen molar-refractivity contribution < 1.29 is 13.6 Å². The molecule has 0 fully saturated rings. The smallest absolute Gasteiger partial charge is 0.252 e. The van der Waals surface area contributed by atoms with Crippen molar-refractivity contribution in [3.8, 4) is 0 Å². The van der Waals surface area contributed by atoms with Crippen molar-refractivity contribution in [1.82, 2.24) is 10.3 Å². The SMILES string of the molecule is Cc1cnc(C(C)NC(=O)c2ccc(N)c(F)c2)o1. The van der Waals surface area contributed by atoms with Gasteiger partial charge in [0.25, 0.3) is 5.91 Å². The number of nitrogens with zero attached hydrogens (tertiary/aromatic N) is 1. The number of aromatic nitrogens is 1. The van der Waals surface area contributed by atoms with Crippen LogP contribution in [0.4, 0.5) is 10.1 Å². The average molecular weight is 263 g/mol. The molecule has 0 aliphatic carbocycles.